The second-order valence-corrected chi connectivity index (χ2v) is 5.39. The molecule has 0 aromatic rings. The SMILES string of the molecule is CC1(NC(=O)N2CC(=O)NCC2C(=O)O)CCOCC1. The summed E-state index contributed by atoms with van der Waals surface area (Å²) in [5.41, 5.74) is -0.424. The Kier molecular flexibility index (Phi) is 4.12. The number of ether oxygens (including phenoxy) is 1. The molecule has 2 heterocycles. The van der Waals surface area contributed by atoms with Crippen LogP contribution in [0.3, 0.4) is 0 Å². The smallest absolute Gasteiger partial charge is 0.328 e. The number of hydrogen-bond acceptors (Lipinski definition) is 4. The molecule has 0 aliphatic carbocycles. The van der Waals surface area contributed by atoms with Crippen molar-refractivity contribution in [1.82, 2.24) is 15.5 Å². The van der Waals surface area contributed by atoms with Crippen LogP contribution >= 0.6 is 0 Å². The maximum absolute atomic E-state index is 12.3. The van der Waals surface area contributed by atoms with E-state index in [1.807, 2.05) is 6.92 Å². The number of carboxylic acid groups (broad SMARTS) is 1. The Bertz CT molecular complexity index is 419. The molecule has 8 heteroatoms. The van der Waals surface area contributed by atoms with Crippen molar-refractivity contribution in [2.45, 2.75) is 31.3 Å². The number of aliphatic carboxylic acids is 1. The molecular formula is C12H19N3O5. The van der Waals surface area contributed by atoms with Crippen LogP contribution in [0.15, 0.2) is 0 Å². The van der Waals surface area contributed by atoms with Crippen LogP contribution in [0.2, 0.25) is 0 Å². The molecule has 0 radical (unpaired) electrons. The number of carbonyl (C=O) groups is 3. The van der Waals surface area contributed by atoms with E-state index in [0.29, 0.717) is 26.1 Å². The Morgan fingerprint density at radius 2 is 2.10 bits per heavy atom. The summed E-state index contributed by atoms with van der Waals surface area (Å²) < 4.78 is 5.25. The van der Waals surface area contributed by atoms with Gasteiger partial charge in [0.1, 0.15) is 12.6 Å². The molecule has 2 aliphatic rings. The van der Waals surface area contributed by atoms with Gasteiger partial charge in [0.05, 0.1) is 0 Å². The zero-order chi connectivity index (χ0) is 14.8. The highest BCUT2D eigenvalue weighted by Gasteiger charge is 2.38. The lowest BCUT2D eigenvalue weighted by Gasteiger charge is -2.39. The lowest BCUT2D eigenvalue weighted by molar-refractivity contribution is -0.144. The maximum atomic E-state index is 12.3. The van der Waals surface area contributed by atoms with E-state index in [9.17, 15) is 14.4 Å². The summed E-state index contributed by atoms with van der Waals surface area (Å²) in [4.78, 5) is 35.9. The van der Waals surface area contributed by atoms with Crippen LogP contribution in [0.1, 0.15) is 19.8 Å². The predicted molar refractivity (Wildman–Crippen MR) is 68.1 cm³/mol. The Morgan fingerprint density at radius 1 is 1.45 bits per heavy atom. The van der Waals surface area contributed by atoms with E-state index >= 15 is 0 Å². The number of piperazine rings is 1. The highest BCUT2D eigenvalue weighted by molar-refractivity contribution is 5.90. The van der Waals surface area contributed by atoms with Gasteiger partial charge >= 0.3 is 12.0 Å². The van der Waals surface area contributed by atoms with Gasteiger partial charge in [-0.15, -0.1) is 0 Å². The number of urea groups is 1. The van der Waals surface area contributed by atoms with Crippen molar-refractivity contribution in [2.24, 2.45) is 0 Å². The largest absolute Gasteiger partial charge is 0.480 e. The Morgan fingerprint density at radius 3 is 2.70 bits per heavy atom. The van der Waals surface area contributed by atoms with E-state index < -0.39 is 23.6 Å². The van der Waals surface area contributed by atoms with Crippen LogP contribution in [0.5, 0.6) is 0 Å². The van der Waals surface area contributed by atoms with E-state index in [2.05, 4.69) is 10.6 Å². The second-order valence-electron chi connectivity index (χ2n) is 5.39. The van der Waals surface area contributed by atoms with Crippen molar-refractivity contribution in [2.75, 3.05) is 26.3 Å². The number of rotatable bonds is 2. The molecule has 1 atom stereocenters. The Hall–Kier alpha value is -1.83. The van der Waals surface area contributed by atoms with Gasteiger partial charge in [-0.05, 0) is 19.8 Å². The van der Waals surface area contributed by atoms with Crippen molar-refractivity contribution in [1.29, 1.82) is 0 Å². The fourth-order valence-corrected chi connectivity index (χ4v) is 2.35. The number of nitrogens with zero attached hydrogens (tertiary/aromatic N) is 1. The summed E-state index contributed by atoms with van der Waals surface area (Å²) in [7, 11) is 0. The van der Waals surface area contributed by atoms with Gasteiger partial charge in [0.15, 0.2) is 0 Å². The molecule has 0 saturated carbocycles. The number of carbonyl (C=O) groups excluding carboxylic acids is 2. The Balaban J connectivity index is 2.05. The minimum absolute atomic E-state index is 0.0680. The molecule has 2 rings (SSSR count). The van der Waals surface area contributed by atoms with Crippen LogP contribution in [0.4, 0.5) is 4.79 Å². The van der Waals surface area contributed by atoms with Gasteiger partial charge in [0.25, 0.3) is 0 Å². The van der Waals surface area contributed by atoms with Gasteiger partial charge in [-0.2, -0.15) is 0 Å². The molecule has 0 aromatic heterocycles. The monoisotopic (exact) mass is 285 g/mol. The molecule has 3 amide bonds. The van der Waals surface area contributed by atoms with Crippen molar-refractivity contribution in [3.63, 3.8) is 0 Å². The van der Waals surface area contributed by atoms with Crippen LogP contribution in [-0.2, 0) is 14.3 Å². The first-order chi connectivity index (χ1) is 9.41. The molecule has 8 nitrogen and oxygen atoms in total. The first-order valence-electron chi connectivity index (χ1n) is 6.57. The molecule has 1 unspecified atom stereocenters. The number of nitrogens with one attached hydrogen (secondary N) is 2. The average molecular weight is 285 g/mol. The van der Waals surface area contributed by atoms with Crippen molar-refractivity contribution in [3.05, 3.63) is 0 Å². The van der Waals surface area contributed by atoms with Crippen LogP contribution in [0.25, 0.3) is 0 Å². The maximum Gasteiger partial charge on any atom is 0.328 e. The molecule has 2 saturated heterocycles. The fraction of sp³-hybridized carbons (Fsp3) is 0.750. The molecule has 2 aliphatic heterocycles. The molecule has 112 valence electrons. The van der Waals surface area contributed by atoms with Gasteiger partial charge < -0.3 is 20.5 Å². The van der Waals surface area contributed by atoms with Gasteiger partial charge in [-0.25, -0.2) is 9.59 Å². The quantitative estimate of drug-likeness (QED) is 0.612. The van der Waals surface area contributed by atoms with E-state index in [0.717, 1.165) is 4.90 Å². The highest BCUT2D eigenvalue weighted by atomic mass is 16.5. The fourth-order valence-electron chi connectivity index (χ4n) is 2.35. The van der Waals surface area contributed by atoms with Gasteiger partial charge in [-0.1, -0.05) is 0 Å². The highest BCUT2D eigenvalue weighted by Crippen LogP contribution is 2.20. The third kappa shape index (κ3) is 3.19. The second kappa shape index (κ2) is 5.66. The van der Waals surface area contributed by atoms with Crippen molar-refractivity contribution in [3.8, 4) is 0 Å². The molecule has 2 fully saturated rings. The normalized spacial score (nSPS) is 25.8. The van der Waals surface area contributed by atoms with Gasteiger partial charge in [0.2, 0.25) is 5.91 Å². The first kappa shape index (κ1) is 14.6. The minimum atomic E-state index is -1.13. The van der Waals surface area contributed by atoms with E-state index in [1.165, 1.54) is 0 Å². The lowest BCUT2D eigenvalue weighted by Crippen LogP contribution is -2.64. The number of hydrogen-bond donors (Lipinski definition) is 3. The van der Waals surface area contributed by atoms with Crippen LogP contribution in [0, 0.1) is 0 Å². The molecule has 3 N–H and O–H groups in total. The van der Waals surface area contributed by atoms with E-state index in [1.54, 1.807) is 0 Å². The van der Waals surface area contributed by atoms with E-state index in [4.69, 9.17) is 9.84 Å². The summed E-state index contributed by atoms with van der Waals surface area (Å²) in [6, 6.07) is -1.55. The Labute approximate surface area is 116 Å². The predicted octanol–water partition coefficient (Wildman–Crippen LogP) is -0.850. The van der Waals surface area contributed by atoms with Gasteiger partial charge in [-0.3, -0.25) is 9.69 Å². The third-order valence-corrected chi connectivity index (χ3v) is 3.73. The molecular weight excluding hydrogens is 266 g/mol. The standard InChI is InChI=1S/C12H19N3O5/c1-12(2-4-20-5-3-12)14-11(19)15-7-9(16)13-6-8(15)10(17)18/h8H,2-7H2,1H3,(H,13,16)(H,14,19)(H,17,18). The number of carboxylic acids is 1. The first-order valence-corrected chi connectivity index (χ1v) is 6.57. The minimum Gasteiger partial charge on any atom is -0.480 e. The molecule has 0 bridgehead atoms. The van der Waals surface area contributed by atoms with E-state index in [-0.39, 0.29) is 19.0 Å². The van der Waals surface area contributed by atoms with Crippen molar-refractivity contribution >= 4 is 17.9 Å². The summed E-state index contributed by atoms with van der Waals surface area (Å²) >= 11 is 0. The number of amides is 3. The molecule has 0 spiro atoms. The van der Waals surface area contributed by atoms with Crippen LogP contribution < -0.4 is 10.6 Å². The topological polar surface area (TPSA) is 108 Å². The van der Waals surface area contributed by atoms with Gasteiger partial charge in [0, 0.05) is 25.3 Å². The molecule has 20 heavy (non-hydrogen) atoms. The summed E-state index contributed by atoms with van der Waals surface area (Å²) in [5, 5.41) is 14.4. The summed E-state index contributed by atoms with van der Waals surface area (Å²) in [5.74, 6) is -1.48. The summed E-state index contributed by atoms with van der Waals surface area (Å²) in [6.45, 7) is 2.70. The molecule has 0 aromatic carbocycles. The lowest BCUT2D eigenvalue weighted by atomic mass is 9.93. The van der Waals surface area contributed by atoms with Crippen molar-refractivity contribution < 1.29 is 24.2 Å². The third-order valence-electron chi connectivity index (χ3n) is 3.73. The van der Waals surface area contributed by atoms with Crippen LogP contribution in [-0.4, -0.2) is 65.8 Å². The summed E-state index contributed by atoms with van der Waals surface area (Å²) in [6.07, 6.45) is 1.33. The zero-order valence-electron chi connectivity index (χ0n) is 11.3. The zero-order valence-corrected chi connectivity index (χ0v) is 11.3. The average Bonchev–Trinajstić information content (AvgIpc) is 2.38.